The lowest BCUT2D eigenvalue weighted by Gasteiger charge is -2.39. The zero-order chi connectivity index (χ0) is 27.8. The third-order valence-corrected chi connectivity index (χ3v) is 5.48. The van der Waals surface area contributed by atoms with E-state index in [1.54, 1.807) is 20.8 Å². The number of hydrogen-bond donors (Lipinski definition) is 3. The van der Waals surface area contributed by atoms with Crippen LogP contribution in [-0.4, -0.2) is 57.7 Å². The lowest BCUT2D eigenvalue weighted by molar-refractivity contribution is -0.146. The molecule has 3 unspecified atom stereocenters. The molecular formula is C28H47N3O5. The van der Waals surface area contributed by atoms with Gasteiger partial charge in [0.1, 0.15) is 17.7 Å². The summed E-state index contributed by atoms with van der Waals surface area (Å²) in [6.45, 7) is 18.2. The predicted molar refractivity (Wildman–Crippen MR) is 142 cm³/mol. The molecule has 8 nitrogen and oxygen atoms in total. The van der Waals surface area contributed by atoms with Crippen molar-refractivity contribution in [1.82, 2.24) is 15.5 Å². The average molecular weight is 506 g/mol. The van der Waals surface area contributed by atoms with Gasteiger partial charge in [-0.05, 0) is 79.7 Å². The molecule has 3 atom stereocenters. The summed E-state index contributed by atoms with van der Waals surface area (Å²) >= 11 is 0. The number of carbonyl (C=O) groups excluding carboxylic acids is 3. The molecule has 0 bridgehead atoms. The molecule has 3 amide bonds. The number of aliphatic hydroxyl groups excluding tert-OH is 1. The van der Waals surface area contributed by atoms with Crippen molar-refractivity contribution < 1.29 is 24.2 Å². The van der Waals surface area contributed by atoms with Gasteiger partial charge in [-0.15, -0.1) is 0 Å². The summed E-state index contributed by atoms with van der Waals surface area (Å²) in [5.74, 6) is -0.474. The van der Waals surface area contributed by atoms with Crippen molar-refractivity contribution in [3.8, 4) is 0 Å². The van der Waals surface area contributed by atoms with Gasteiger partial charge in [-0.3, -0.25) is 9.59 Å². The molecule has 0 saturated heterocycles. The summed E-state index contributed by atoms with van der Waals surface area (Å²) in [7, 11) is 0. The van der Waals surface area contributed by atoms with E-state index < -0.39 is 41.8 Å². The van der Waals surface area contributed by atoms with Gasteiger partial charge in [0.25, 0.3) is 0 Å². The van der Waals surface area contributed by atoms with Crippen LogP contribution in [0.15, 0.2) is 24.3 Å². The summed E-state index contributed by atoms with van der Waals surface area (Å²) in [6, 6.07) is 4.92. The number of nitrogens with one attached hydrogen (secondary N) is 2. The minimum Gasteiger partial charge on any atom is -0.444 e. The number of rotatable bonds is 10. The first-order valence-corrected chi connectivity index (χ1v) is 12.8. The molecule has 0 aliphatic heterocycles. The van der Waals surface area contributed by atoms with E-state index in [0.717, 1.165) is 12.0 Å². The van der Waals surface area contributed by atoms with Crippen LogP contribution in [0.25, 0.3) is 0 Å². The number of benzene rings is 1. The molecule has 0 radical (unpaired) electrons. The Bertz CT molecular complexity index is 869. The molecule has 0 aliphatic carbocycles. The lowest BCUT2D eigenvalue weighted by Crippen LogP contribution is -2.57. The van der Waals surface area contributed by atoms with Gasteiger partial charge in [-0.1, -0.05) is 43.7 Å². The van der Waals surface area contributed by atoms with Crippen LogP contribution >= 0.6 is 0 Å². The first-order valence-electron chi connectivity index (χ1n) is 12.8. The summed E-state index contributed by atoms with van der Waals surface area (Å²) < 4.78 is 5.30. The zero-order valence-electron chi connectivity index (χ0n) is 23.8. The van der Waals surface area contributed by atoms with Crippen LogP contribution in [-0.2, 0) is 14.3 Å². The molecule has 204 valence electrons. The number of aryl methyl sites for hydroxylation is 1. The van der Waals surface area contributed by atoms with Crippen molar-refractivity contribution in [2.75, 3.05) is 6.61 Å². The topological polar surface area (TPSA) is 108 Å². The molecule has 3 N–H and O–H groups in total. The minimum absolute atomic E-state index is 0.329. The van der Waals surface area contributed by atoms with Gasteiger partial charge in [0.15, 0.2) is 0 Å². The SMILES string of the molecule is Cc1ccc(C(C(=O)NC(C)(C)C)N(C(=O)C(CO)NC(=O)OC(C)(C)C)C(C)CCC(C)C)cc1. The zero-order valence-corrected chi connectivity index (χ0v) is 23.8. The highest BCUT2D eigenvalue weighted by atomic mass is 16.6. The highest BCUT2D eigenvalue weighted by molar-refractivity contribution is 5.92. The van der Waals surface area contributed by atoms with Gasteiger partial charge >= 0.3 is 6.09 Å². The fourth-order valence-corrected chi connectivity index (χ4v) is 3.75. The van der Waals surface area contributed by atoms with Gasteiger partial charge < -0.3 is 25.4 Å². The highest BCUT2D eigenvalue weighted by Crippen LogP contribution is 2.28. The Balaban J connectivity index is 3.53. The fourth-order valence-electron chi connectivity index (χ4n) is 3.75. The molecule has 0 heterocycles. The van der Waals surface area contributed by atoms with Crippen LogP contribution in [0.4, 0.5) is 4.79 Å². The van der Waals surface area contributed by atoms with Crippen LogP contribution in [0.3, 0.4) is 0 Å². The fraction of sp³-hybridized carbons (Fsp3) is 0.679. The van der Waals surface area contributed by atoms with Gasteiger partial charge in [0, 0.05) is 11.6 Å². The largest absolute Gasteiger partial charge is 0.444 e. The van der Waals surface area contributed by atoms with Crippen molar-refractivity contribution in [2.24, 2.45) is 5.92 Å². The first-order chi connectivity index (χ1) is 16.4. The molecule has 8 heteroatoms. The standard InChI is InChI=1S/C28H47N3O5/c1-18(2)11-14-20(4)31(25(34)22(17-32)29-26(35)36-28(8,9)10)23(24(33)30-27(5,6)7)21-15-12-19(3)13-16-21/h12-13,15-16,18,20,22-23,32H,11,14,17H2,1-10H3,(H,29,35)(H,30,33). The Morgan fingerprint density at radius 2 is 1.53 bits per heavy atom. The van der Waals surface area contributed by atoms with E-state index >= 15 is 0 Å². The minimum atomic E-state index is -1.27. The number of amides is 3. The molecule has 0 spiro atoms. The maximum Gasteiger partial charge on any atom is 0.408 e. The summed E-state index contributed by atoms with van der Waals surface area (Å²) in [4.78, 5) is 41.6. The van der Waals surface area contributed by atoms with E-state index in [1.165, 1.54) is 4.90 Å². The number of carbonyl (C=O) groups is 3. The van der Waals surface area contributed by atoms with Gasteiger partial charge in [-0.2, -0.15) is 0 Å². The molecule has 0 saturated carbocycles. The van der Waals surface area contributed by atoms with Crippen molar-refractivity contribution in [1.29, 1.82) is 0 Å². The molecule has 1 aromatic carbocycles. The maximum absolute atomic E-state index is 13.9. The lowest BCUT2D eigenvalue weighted by atomic mass is 9.96. The summed E-state index contributed by atoms with van der Waals surface area (Å²) in [5, 5.41) is 15.6. The van der Waals surface area contributed by atoms with E-state index in [1.807, 2.05) is 58.9 Å². The van der Waals surface area contributed by atoms with E-state index in [4.69, 9.17) is 4.74 Å². The number of nitrogens with zero attached hydrogens (tertiary/aromatic N) is 1. The quantitative estimate of drug-likeness (QED) is 0.434. The van der Waals surface area contributed by atoms with Crippen molar-refractivity contribution in [2.45, 2.75) is 111 Å². The Labute approximate surface area is 217 Å². The van der Waals surface area contributed by atoms with Crippen LogP contribution in [0.2, 0.25) is 0 Å². The van der Waals surface area contributed by atoms with E-state index in [2.05, 4.69) is 24.5 Å². The highest BCUT2D eigenvalue weighted by Gasteiger charge is 2.39. The smallest absolute Gasteiger partial charge is 0.408 e. The normalized spacial score (nSPS) is 14.6. The average Bonchev–Trinajstić information content (AvgIpc) is 2.71. The molecular weight excluding hydrogens is 458 g/mol. The predicted octanol–water partition coefficient (Wildman–Crippen LogP) is 4.49. The number of aliphatic hydroxyl groups is 1. The Kier molecular flexibility index (Phi) is 11.4. The summed E-state index contributed by atoms with van der Waals surface area (Å²) in [5.41, 5.74) is 0.385. The van der Waals surface area contributed by atoms with Gasteiger partial charge in [-0.25, -0.2) is 4.79 Å². The second kappa shape index (κ2) is 13.1. The van der Waals surface area contributed by atoms with Gasteiger partial charge in [0.2, 0.25) is 11.8 Å². The van der Waals surface area contributed by atoms with Gasteiger partial charge in [0.05, 0.1) is 6.61 Å². The Morgan fingerprint density at radius 3 is 1.97 bits per heavy atom. The number of ether oxygens (including phenoxy) is 1. The Hall–Kier alpha value is -2.61. The second-order valence-corrected chi connectivity index (χ2v) is 12.0. The molecule has 36 heavy (non-hydrogen) atoms. The second-order valence-electron chi connectivity index (χ2n) is 12.0. The van der Waals surface area contributed by atoms with Crippen LogP contribution in [0, 0.1) is 12.8 Å². The first kappa shape index (κ1) is 31.4. The maximum atomic E-state index is 13.9. The van der Waals surface area contributed by atoms with Crippen LogP contribution in [0.1, 0.15) is 92.3 Å². The number of hydrogen-bond acceptors (Lipinski definition) is 5. The van der Waals surface area contributed by atoms with E-state index in [-0.39, 0.29) is 11.9 Å². The number of alkyl carbamates (subject to hydrolysis) is 1. The van der Waals surface area contributed by atoms with Crippen molar-refractivity contribution >= 4 is 17.9 Å². The monoisotopic (exact) mass is 505 g/mol. The Morgan fingerprint density at radius 1 is 0.972 bits per heavy atom. The third-order valence-electron chi connectivity index (χ3n) is 5.48. The van der Waals surface area contributed by atoms with Crippen molar-refractivity contribution in [3.05, 3.63) is 35.4 Å². The van der Waals surface area contributed by atoms with E-state index in [9.17, 15) is 19.5 Å². The molecule has 1 aromatic rings. The van der Waals surface area contributed by atoms with Crippen molar-refractivity contribution in [3.63, 3.8) is 0 Å². The molecule has 0 aliphatic rings. The van der Waals surface area contributed by atoms with Crippen LogP contribution in [0.5, 0.6) is 0 Å². The summed E-state index contributed by atoms with van der Waals surface area (Å²) in [6.07, 6.45) is 0.685. The molecule has 0 fully saturated rings. The molecule has 0 aromatic heterocycles. The third kappa shape index (κ3) is 10.6. The van der Waals surface area contributed by atoms with Crippen LogP contribution < -0.4 is 10.6 Å². The van der Waals surface area contributed by atoms with E-state index in [0.29, 0.717) is 17.9 Å². The molecule has 1 rings (SSSR count).